The molecule has 2 aliphatic rings. The van der Waals surface area contributed by atoms with E-state index in [1.165, 1.54) is 17.4 Å². The number of thiophene rings is 1. The Bertz CT molecular complexity index is 741. The summed E-state index contributed by atoms with van der Waals surface area (Å²) in [7, 11) is 0. The molecule has 4 rings (SSSR count). The highest BCUT2D eigenvalue weighted by Gasteiger charge is 2.43. The fourth-order valence-electron chi connectivity index (χ4n) is 3.94. The summed E-state index contributed by atoms with van der Waals surface area (Å²) >= 11 is 1.49. The van der Waals surface area contributed by atoms with Crippen LogP contribution in [0.5, 0.6) is 0 Å². The largest absolute Gasteiger partial charge is 0.338 e. The van der Waals surface area contributed by atoms with Gasteiger partial charge in [-0.25, -0.2) is 4.39 Å². The lowest BCUT2D eigenvalue weighted by atomic mass is 9.95. The fraction of sp³-hybridized carbons (Fsp3) is 0.421. The van der Waals surface area contributed by atoms with E-state index in [0.717, 1.165) is 49.5 Å². The summed E-state index contributed by atoms with van der Waals surface area (Å²) in [5, 5.41) is 5.56. The van der Waals surface area contributed by atoms with Gasteiger partial charge in [-0.2, -0.15) is 0 Å². The minimum Gasteiger partial charge on any atom is -0.338 e. The van der Waals surface area contributed by atoms with Crippen LogP contribution >= 0.6 is 11.3 Å². The van der Waals surface area contributed by atoms with Crippen LogP contribution in [0.4, 0.5) is 4.39 Å². The van der Waals surface area contributed by atoms with Gasteiger partial charge in [-0.05, 0) is 30.4 Å². The molecule has 3 heterocycles. The molecule has 1 aromatic heterocycles. The van der Waals surface area contributed by atoms with Crippen LogP contribution in [0.25, 0.3) is 0 Å². The SMILES string of the molecule is O=C(c1cccs1)N1CCC2(CC1)NCCN2Cc1ccccc1F. The van der Waals surface area contributed by atoms with Crippen molar-refractivity contribution in [2.45, 2.75) is 25.0 Å². The first kappa shape index (κ1) is 16.7. The summed E-state index contributed by atoms with van der Waals surface area (Å²) < 4.78 is 14.0. The Morgan fingerprint density at radius 1 is 1.16 bits per heavy atom. The van der Waals surface area contributed by atoms with E-state index < -0.39 is 0 Å². The molecule has 0 bridgehead atoms. The second-order valence-electron chi connectivity index (χ2n) is 6.74. The number of rotatable bonds is 3. The lowest BCUT2D eigenvalue weighted by molar-refractivity contribution is 0.0287. The highest BCUT2D eigenvalue weighted by atomic mass is 32.1. The van der Waals surface area contributed by atoms with Crippen LogP contribution in [0.3, 0.4) is 0 Å². The van der Waals surface area contributed by atoms with Crippen molar-refractivity contribution >= 4 is 17.2 Å². The molecule has 25 heavy (non-hydrogen) atoms. The first-order chi connectivity index (χ1) is 12.2. The molecule has 2 saturated heterocycles. The van der Waals surface area contributed by atoms with Crippen molar-refractivity contribution in [3.05, 3.63) is 58.0 Å². The van der Waals surface area contributed by atoms with Crippen molar-refractivity contribution in [1.82, 2.24) is 15.1 Å². The zero-order valence-corrected chi connectivity index (χ0v) is 14.9. The molecule has 1 amide bonds. The lowest BCUT2D eigenvalue weighted by Gasteiger charge is -2.44. The zero-order chi connectivity index (χ0) is 17.3. The van der Waals surface area contributed by atoms with Gasteiger partial charge >= 0.3 is 0 Å². The number of carbonyl (C=O) groups excluding carboxylic acids is 1. The minimum atomic E-state index is -0.144. The van der Waals surface area contributed by atoms with E-state index in [-0.39, 0.29) is 17.4 Å². The molecule has 1 N–H and O–H groups in total. The number of nitrogens with one attached hydrogen (secondary N) is 1. The maximum atomic E-state index is 14.0. The molecule has 0 unspecified atom stereocenters. The Balaban J connectivity index is 1.44. The first-order valence-electron chi connectivity index (χ1n) is 8.74. The third kappa shape index (κ3) is 3.21. The lowest BCUT2D eigenvalue weighted by Crippen LogP contribution is -2.58. The number of hydrogen-bond donors (Lipinski definition) is 1. The molecule has 0 radical (unpaired) electrons. The number of carbonyl (C=O) groups is 1. The third-order valence-electron chi connectivity index (χ3n) is 5.37. The Morgan fingerprint density at radius 3 is 2.68 bits per heavy atom. The van der Waals surface area contributed by atoms with E-state index >= 15 is 0 Å². The van der Waals surface area contributed by atoms with Gasteiger partial charge in [0.2, 0.25) is 0 Å². The second kappa shape index (κ2) is 6.86. The number of hydrogen-bond acceptors (Lipinski definition) is 4. The molecule has 0 saturated carbocycles. The number of likely N-dealkylation sites (tertiary alicyclic amines) is 1. The summed E-state index contributed by atoms with van der Waals surface area (Å²) in [6.45, 7) is 3.90. The van der Waals surface area contributed by atoms with Gasteiger partial charge in [0.15, 0.2) is 0 Å². The van der Waals surface area contributed by atoms with E-state index in [9.17, 15) is 9.18 Å². The predicted octanol–water partition coefficient (Wildman–Crippen LogP) is 2.92. The fourth-order valence-corrected chi connectivity index (χ4v) is 4.63. The molecule has 0 aliphatic carbocycles. The topological polar surface area (TPSA) is 35.6 Å². The van der Waals surface area contributed by atoms with Crippen LogP contribution in [0.15, 0.2) is 41.8 Å². The first-order valence-corrected chi connectivity index (χ1v) is 9.62. The average Bonchev–Trinajstić information content (AvgIpc) is 3.28. The van der Waals surface area contributed by atoms with Crippen molar-refractivity contribution in [2.24, 2.45) is 0 Å². The van der Waals surface area contributed by atoms with Crippen LogP contribution < -0.4 is 5.32 Å². The van der Waals surface area contributed by atoms with Crippen molar-refractivity contribution in [2.75, 3.05) is 26.2 Å². The molecule has 1 spiro atoms. The van der Waals surface area contributed by atoms with Crippen molar-refractivity contribution in [1.29, 1.82) is 0 Å². The van der Waals surface area contributed by atoms with Gasteiger partial charge in [0.05, 0.1) is 10.5 Å². The molecular weight excluding hydrogens is 337 g/mol. The smallest absolute Gasteiger partial charge is 0.263 e. The number of benzene rings is 1. The summed E-state index contributed by atoms with van der Waals surface area (Å²) in [4.78, 5) is 17.6. The standard InChI is InChI=1S/C19H22FN3OS/c20-16-5-2-1-4-15(16)14-23-12-9-21-19(23)7-10-22(11-8-19)18(24)17-6-3-13-25-17/h1-6,13,21H,7-12,14H2. The Hall–Kier alpha value is -1.76. The molecular formula is C19H22FN3OS. The maximum absolute atomic E-state index is 14.0. The van der Waals surface area contributed by atoms with Crippen LogP contribution in [0.1, 0.15) is 28.1 Å². The molecule has 4 nitrogen and oxygen atoms in total. The number of nitrogens with zero attached hydrogens (tertiary/aromatic N) is 2. The van der Waals surface area contributed by atoms with E-state index in [2.05, 4.69) is 10.2 Å². The summed E-state index contributed by atoms with van der Waals surface area (Å²) in [6.07, 6.45) is 1.75. The highest BCUT2D eigenvalue weighted by molar-refractivity contribution is 7.12. The molecule has 132 valence electrons. The molecule has 2 fully saturated rings. The van der Waals surface area contributed by atoms with Crippen LogP contribution in [0.2, 0.25) is 0 Å². The number of piperidine rings is 1. The quantitative estimate of drug-likeness (QED) is 0.915. The Kier molecular flexibility index (Phi) is 4.58. The molecule has 6 heteroatoms. The maximum Gasteiger partial charge on any atom is 0.263 e. The Morgan fingerprint density at radius 2 is 1.96 bits per heavy atom. The Labute approximate surface area is 151 Å². The highest BCUT2D eigenvalue weighted by Crippen LogP contribution is 2.32. The van der Waals surface area contributed by atoms with Crippen molar-refractivity contribution in [3.63, 3.8) is 0 Å². The van der Waals surface area contributed by atoms with Gasteiger partial charge in [0.25, 0.3) is 5.91 Å². The minimum absolute atomic E-state index is 0.117. The monoisotopic (exact) mass is 359 g/mol. The normalized spacial score (nSPS) is 20.3. The van der Waals surface area contributed by atoms with Gasteiger partial charge in [0.1, 0.15) is 5.82 Å². The summed E-state index contributed by atoms with van der Waals surface area (Å²) in [6, 6.07) is 10.8. The molecule has 0 atom stereocenters. The van der Waals surface area contributed by atoms with Gasteiger partial charge in [-0.3, -0.25) is 15.0 Å². The van der Waals surface area contributed by atoms with Gasteiger partial charge in [-0.1, -0.05) is 24.3 Å². The van der Waals surface area contributed by atoms with Gasteiger partial charge < -0.3 is 4.90 Å². The summed E-state index contributed by atoms with van der Waals surface area (Å²) in [5.41, 5.74) is 0.622. The molecule has 2 aliphatic heterocycles. The van der Waals surface area contributed by atoms with E-state index in [1.807, 2.05) is 34.5 Å². The molecule has 2 aromatic rings. The molecule has 1 aromatic carbocycles. The second-order valence-corrected chi connectivity index (χ2v) is 7.69. The third-order valence-corrected chi connectivity index (χ3v) is 6.23. The van der Waals surface area contributed by atoms with Gasteiger partial charge in [0, 0.05) is 38.3 Å². The van der Waals surface area contributed by atoms with E-state index in [1.54, 1.807) is 6.07 Å². The summed E-state index contributed by atoms with van der Waals surface area (Å²) in [5.74, 6) is -0.0154. The van der Waals surface area contributed by atoms with E-state index in [0.29, 0.717) is 6.54 Å². The van der Waals surface area contributed by atoms with Crippen LogP contribution in [-0.2, 0) is 6.54 Å². The average molecular weight is 359 g/mol. The van der Waals surface area contributed by atoms with Crippen LogP contribution in [0, 0.1) is 5.82 Å². The number of halogens is 1. The predicted molar refractivity (Wildman–Crippen MR) is 97.0 cm³/mol. The zero-order valence-electron chi connectivity index (χ0n) is 14.1. The number of amides is 1. The van der Waals surface area contributed by atoms with Crippen molar-refractivity contribution in [3.8, 4) is 0 Å². The van der Waals surface area contributed by atoms with Gasteiger partial charge in [-0.15, -0.1) is 11.3 Å². The van der Waals surface area contributed by atoms with Crippen molar-refractivity contribution < 1.29 is 9.18 Å². The van der Waals surface area contributed by atoms with E-state index in [4.69, 9.17) is 0 Å². The van der Waals surface area contributed by atoms with Crippen LogP contribution in [-0.4, -0.2) is 47.5 Å².